The molecule has 0 aliphatic heterocycles. The van der Waals surface area contributed by atoms with Crippen molar-refractivity contribution in [2.24, 2.45) is 0 Å². The van der Waals surface area contributed by atoms with Crippen LogP contribution in [0.4, 0.5) is 11.4 Å². The van der Waals surface area contributed by atoms with Crippen LogP contribution in [0.25, 0.3) is 0 Å². The lowest BCUT2D eigenvalue weighted by Gasteiger charge is -2.09. The molecule has 0 heterocycles. The highest BCUT2D eigenvalue weighted by Gasteiger charge is 2.08. The summed E-state index contributed by atoms with van der Waals surface area (Å²) < 4.78 is 5.05. The number of carbonyl (C=O) groups excluding carboxylic acids is 3. The average Bonchev–Trinajstić information content (AvgIpc) is 2.70. The van der Waals surface area contributed by atoms with E-state index in [1.807, 2.05) is 6.92 Å². The molecule has 3 N–H and O–H groups in total. The second kappa shape index (κ2) is 9.96. The molecule has 7 heteroatoms. The Morgan fingerprint density at radius 2 is 1.48 bits per heavy atom. The smallest absolute Gasteiger partial charge is 0.338 e. The molecule has 0 aliphatic carbocycles. The zero-order valence-electron chi connectivity index (χ0n) is 15.4. The van der Waals surface area contributed by atoms with Gasteiger partial charge in [-0.2, -0.15) is 0 Å². The van der Waals surface area contributed by atoms with Crippen molar-refractivity contribution in [1.29, 1.82) is 0 Å². The molecule has 2 aromatic rings. The molecular weight excluding hydrogens is 346 g/mol. The number of carbonyl (C=O) groups is 3. The van der Waals surface area contributed by atoms with Crippen molar-refractivity contribution in [3.8, 4) is 0 Å². The maximum atomic E-state index is 12.0. The highest BCUT2D eigenvalue weighted by atomic mass is 16.5. The van der Waals surface area contributed by atoms with Crippen LogP contribution in [0, 0.1) is 0 Å². The second-order valence-corrected chi connectivity index (χ2v) is 5.77. The van der Waals surface area contributed by atoms with E-state index in [9.17, 15) is 14.4 Å². The summed E-state index contributed by atoms with van der Waals surface area (Å²) in [6, 6.07) is 13.3. The standard InChI is InChI=1S/C20H23N3O4/c1-3-12-27-20(26)15-6-10-17(11-7-15)23-18(24)13-22-16-8-4-14(5-9-16)19(25)21-2/h4-11,22H,3,12-13H2,1-2H3,(H,21,25)(H,23,24). The van der Waals surface area contributed by atoms with Crippen molar-refractivity contribution < 1.29 is 19.1 Å². The number of anilines is 2. The van der Waals surface area contributed by atoms with Gasteiger partial charge in [-0.05, 0) is 55.0 Å². The lowest BCUT2D eigenvalue weighted by molar-refractivity contribution is -0.114. The summed E-state index contributed by atoms with van der Waals surface area (Å²) >= 11 is 0. The van der Waals surface area contributed by atoms with Crippen molar-refractivity contribution in [2.45, 2.75) is 13.3 Å². The lowest BCUT2D eigenvalue weighted by atomic mass is 10.2. The second-order valence-electron chi connectivity index (χ2n) is 5.77. The molecule has 2 rings (SSSR count). The fourth-order valence-electron chi connectivity index (χ4n) is 2.24. The molecule has 7 nitrogen and oxygen atoms in total. The van der Waals surface area contributed by atoms with Gasteiger partial charge in [0.05, 0.1) is 18.7 Å². The summed E-state index contributed by atoms with van der Waals surface area (Å²) in [6.45, 7) is 2.38. The molecule has 0 bridgehead atoms. The zero-order chi connectivity index (χ0) is 19.6. The molecule has 0 saturated heterocycles. The summed E-state index contributed by atoms with van der Waals surface area (Å²) in [5.41, 5.74) is 2.30. The maximum absolute atomic E-state index is 12.0. The Balaban J connectivity index is 1.83. The molecule has 142 valence electrons. The third kappa shape index (κ3) is 6.14. The van der Waals surface area contributed by atoms with Crippen LogP contribution < -0.4 is 16.0 Å². The van der Waals surface area contributed by atoms with Gasteiger partial charge in [0.2, 0.25) is 5.91 Å². The molecule has 0 atom stereocenters. The monoisotopic (exact) mass is 369 g/mol. The number of ether oxygens (including phenoxy) is 1. The van der Waals surface area contributed by atoms with E-state index in [1.54, 1.807) is 55.6 Å². The van der Waals surface area contributed by atoms with E-state index in [2.05, 4.69) is 16.0 Å². The Morgan fingerprint density at radius 3 is 2.07 bits per heavy atom. The van der Waals surface area contributed by atoms with Gasteiger partial charge in [-0.25, -0.2) is 4.79 Å². The number of rotatable bonds is 8. The summed E-state index contributed by atoms with van der Waals surface area (Å²) in [5, 5.41) is 8.27. The molecule has 0 radical (unpaired) electrons. The summed E-state index contributed by atoms with van der Waals surface area (Å²) in [6.07, 6.45) is 0.765. The lowest BCUT2D eigenvalue weighted by Crippen LogP contribution is -2.22. The molecule has 0 aromatic heterocycles. The van der Waals surface area contributed by atoms with E-state index in [4.69, 9.17) is 4.74 Å². The first-order valence-electron chi connectivity index (χ1n) is 8.66. The van der Waals surface area contributed by atoms with Gasteiger partial charge in [0.25, 0.3) is 5.91 Å². The topological polar surface area (TPSA) is 96.5 Å². The van der Waals surface area contributed by atoms with Crippen molar-refractivity contribution >= 4 is 29.2 Å². The fourth-order valence-corrected chi connectivity index (χ4v) is 2.24. The highest BCUT2D eigenvalue weighted by molar-refractivity contribution is 5.96. The van der Waals surface area contributed by atoms with Crippen LogP contribution >= 0.6 is 0 Å². The SMILES string of the molecule is CCCOC(=O)c1ccc(NC(=O)CNc2ccc(C(=O)NC)cc2)cc1. The number of amides is 2. The quantitative estimate of drug-likeness (QED) is 0.622. The van der Waals surface area contributed by atoms with Crippen LogP contribution in [0.3, 0.4) is 0 Å². The molecular formula is C20H23N3O4. The van der Waals surface area contributed by atoms with Crippen LogP contribution in [-0.4, -0.2) is 38.0 Å². The minimum Gasteiger partial charge on any atom is -0.462 e. The Kier molecular flexibility index (Phi) is 7.37. The molecule has 2 aromatic carbocycles. The first-order chi connectivity index (χ1) is 13.0. The Morgan fingerprint density at radius 1 is 0.889 bits per heavy atom. The molecule has 2 amide bonds. The van der Waals surface area contributed by atoms with Gasteiger partial charge >= 0.3 is 5.97 Å². The minimum absolute atomic E-state index is 0.0691. The van der Waals surface area contributed by atoms with Gasteiger partial charge in [0.1, 0.15) is 0 Å². The van der Waals surface area contributed by atoms with Gasteiger partial charge in [-0.1, -0.05) is 6.92 Å². The average molecular weight is 369 g/mol. The molecule has 0 saturated carbocycles. The van der Waals surface area contributed by atoms with Crippen LogP contribution in [0.1, 0.15) is 34.1 Å². The van der Waals surface area contributed by atoms with E-state index in [0.29, 0.717) is 23.4 Å². The van der Waals surface area contributed by atoms with Gasteiger partial charge in [-0.3, -0.25) is 9.59 Å². The van der Waals surface area contributed by atoms with E-state index in [1.165, 1.54) is 0 Å². The van der Waals surface area contributed by atoms with E-state index in [-0.39, 0.29) is 24.3 Å². The highest BCUT2D eigenvalue weighted by Crippen LogP contribution is 2.12. The third-order valence-electron chi connectivity index (χ3n) is 3.67. The van der Waals surface area contributed by atoms with Crippen LogP contribution in [0.5, 0.6) is 0 Å². The normalized spacial score (nSPS) is 10.0. The Bertz CT molecular complexity index is 786. The Hall–Kier alpha value is -3.35. The van der Waals surface area contributed by atoms with E-state index >= 15 is 0 Å². The fraction of sp³-hybridized carbons (Fsp3) is 0.250. The van der Waals surface area contributed by atoms with Crippen molar-refractivity contribution in [2.75, 3.05) is 30.8 Å². The number of nitrogens with one attached hydrogen (secondary N) is 3. The van der Waals surface area contributed by atoms with Gasteiger partial charge in [-0.15, -0.1) is 0 Å². The summed E-state index contributed by atoms with van der Waals surface area (Å²) in [5.74, 6) is -0.774. The first-order valence-corrected chi connectivity index (χ1v) is 8.66. The van der Waals surface area contributed by atoms with Crippen molar-refractivity contribution in [1.82, 2.24) is 5.32 Å². The van der Waals surface area contributed by atoms with Crippen LogP contribution in [0.15, 0.2) is 48.5 Å². The summed E-state index contributed by atoms with van der Waals surface area (Å²) in [4.78, 5) is 35.3. The predicted octanol–water partition coefficient (Wildman–Crippen LogP) is 2.66. The minimum atomic E-state index is -0.378. The number of hydrogen-bond donors (Lipinski definition) is 3. The molecule has 0 spiro atoms. The largest absolute Gasteiger partial charge is 0.462 e. The van der Waals surface area contributed by atoms with E-state index < -0.39 is 0 Å². The predicted molar refractivity (Wildman–Crippen MR) is 104 cm³/mol. The molecule has 0 unspecified atom stereocenters. The number of benzene rings is 2. The first kappa shape index (κ1) is 20.0. The van der Waals surface area contributed by atoms with Crippen molar-refractivity contribution in [3.63, 3.8) is 0 Å². The van der Waals surface area contributed by atoms with Gasteiger partial charge < -0.3 is 20.7 Å². The number of esters is 1. The maximum Gasteiger partial charge on any atom is 0.338 e. The van der Waals surface area contributed by atoms with E-state index in [0.717, 1.165) is 12.1 Å². The van der Waals surface area contributed by atoms with Gasteiger partial charge in [0.15, 0.2) is 0 Å². The van der Waals surface area contributed by atoms with Crippen LogP contribution in [-0.2, 0) is 9.53 Å². The third-order valence-corrected chi connectivity index (χ3v) is 3.67. The van der Waals surface area contributed by atoms with Crippen molar-refractivity contribution in [3.05, 3.63) is 59.7 Å². The molecule has 27 heavy (non-hydrogen) atoms. The zero-order valence-corrected chi connectivity index (χ0v) is 15.4. The summed E-state index contributed by atoms with van der Waals surface area (Å²) in [7, 11) is 1.57. The number of hydrogen-bond acceptors (Lipinski definition) is 5. The van der Waals surface area contributed by atoms with Gasteiger partial charge in [0, 0.05) is 24.0 Å². The van der Waals surface area contributed by atoms with Crippen LogP contribution in [0.2, 0.25) is 0 Å². The Labute approximate surface area is 158 Å². The molecule has 0 aliphatic rings. The molecule has 0 fully saturated rings.